The molecule has 1 atom stereocenters. The summed E-state index contributed by atoms with van der Waals surface area (Å²) in [6, 6.07) is 1.04. The van der Waals surface area contributed by atoms with Gasteiger partial charge in [-0.3, -0.25) is 9.69 Å². The van der Waals surface area contributed by atoms with E-state index in [0.29, 0.717) is 37.5 Å². The standard InChI is InChI=1S/C13H13F3N4O2S2/c14-13(15,16)11-17-18-12(24-11)20-4-2-19(3-5-20)9(10(21)22)8-1-6-23-7-8/h1,6-7,9H,2-5H2,(H,21,22). The van der Waals surface area contributed by atoms with Crippen LogP contribution in [0.15, 0.2) is 16.8 Å². The minimum Gasteiger partial charge on any atom is -0.480 e. The lowest BCUT2D eigenvalue weighted by molar-refractivity contribution is -0.143. The zero-order valence-corrected chi connectivity index (χ0v) is 13.9. The molecular formula is C13H13F3N4O2S2. The van der Waals surface area contributed by atoms with Gasteiger partial charge in [-0.15, -0.1) is 10.2 Å². The summed E-state index contributed by atoms with van der Waals surface area (Å²) in [5, 5.41) is 19.1. The van der Waals surface area contributed by atoms with Gasteiger partial charge in [0.15, 0.2) is 0 Å². The van der Waals surface area contributed by atoms with E-state index in [4.69, 9.17) is 0 Å². The van der Waals surface area contributed by atoms with Crippen LogP contribution in [-0.4, -0.2) is 52.4 Å². The number of anilines is 1. The quantitative estimate of drug-likeness (QED) is 0.882. The van der Waals surface area contributed by atoms with Crippen molar-refractivity contribution in [3.8, 4) is 0 Å². The van der Waals surface area contributed by atoms with Crippen LogP contribution < -0.4 is 4.90 Å². The Bertz CT molecular complexity index is 696. The van der Waals surface area contributed by atoms with Crippen LogP contribution in [0.2, 0.25) is 0 Å². The van der Waals surface area contributed by atoms with E-state index in [2.05, 4.69) is 10.2 Å². The smallest absolute Gasteiger partial charge is 0.445 e. The first-order valence-corrected chi connectivity index (χ1v) is 8.77. The highest BCUT2D eigenvalue weighted by Crippen LogP contribution is 2.35. The van der Waals surface area contributed by atoms with Gasteiger partial charge >= 0.3 is 12.1 Å². The number of aliphatic carboxylic acids is 1. The maximum atomic E-state index is 12.6. The third kappa shape index (κ3) is 3.52. The Morgan fingerprint density at radius 3 is 2.46 bits per heavy atom. The lowest BCUT2D eigenvalue weighted by Crippen LogP contribution is -2.49. The van der Waals surface area contributed by atoms with E-state index in [-0.39, 0.29) is 5.13 Å². The number of carboxylic acid groups (broad SMARTS) is 1. The molecule has 0 bridgehead atoms. The molecule has 0 aromatic carbocycles. The second kappa shape index (κ2) is 6.65. The zero-order valence-electron chi connectivity index (χ0n) is 12.2. The van der Waals surface area contributed by atoms with Crippen LogP contribution in [0.1, 0.15) is 16.6 Å². The maximum absolute atomic E-state index is 12.6. The SMILES string of the molecule is O=C(O)C(c1ccsc1)N1CCN(c2nnc(C(F)(F)F)s2)CC1. The summed E-state index contributed by atoms with van der Waals surface area (Å²) < 4.78 is 37.8. The molecule has 1 unspecified atom stereocenters. The number of halogens is 3. The van der Waals surface area contributed by atoms with Crippen molar-refractivity contribution < 1.29 is 23.1 Å². The van der Waals surface area contributed by atoms with Crippen LogP contribution in [0.5, 0.6) is 0 Å². The molecule has 1 N–H and O–H groups in total. The van der Waals surface area contributed by atoms with Gasteiger partial charge in [-0.05, 0) is 22.4 Å². The van der Waals surface area contributed by atoms with E-state index in [9.17, 15) is 23.1 Å². The lowest BCUT2D eigenvalue weighted by Gasteiger charge is -2.37. The predicted molar refractivity (Wildman–Crippen MR) is 83.4 cm³/mol. The fourth-order valence-electron chi connectivity index (χ4n) is 2.57. The number of alkyl halides is 3. The Kier molecular flexibility index (Phi) is 4.74. The number of nitrogens with zero attached hydrogens (tertiary/aromatic N) is 4. The summed E-state index contributed by atoms with van der Waals surface area (Å²) in [5.41, 5.74) is 0.719. The van der Waals surface area contributed by atoms with E-state index in [1.54, 1.807) is 16.3 Å². The van der Waals surface area contributed by atoms with Gasteiger partial charge in [-0.1, -0.05) is 11.3 Å². The lowest BCUT2D eigenvalue weighted by atomic mass is 10.1. The molecule has 2 aromatic rings. The Hall–Kier alpha value is -1.72. The van der Waals surface area contributed by atoms with Crippen molar-refractivity contribution in [2.24, 2.45) is 0 Å². The van der Waals surface area contributed by atoms with E-state index < -0.39 is 23.2 Å². The van der Waals surface area contributed by atoms with Crippen molar-refractivity contribution in [1.82, 2.24) is 15.1 Å². The van der Waals surface area contributed by atoms with Crippen LogP contribution in [0.3, 0.4) is 0 Å². The topological polar surface area (TPSA) is 69.6 Å². The van der Waals surface area contributed by atoms with Gasteiger partial charge in [0.25, 0.3) is 0 Å². The molecule has 1 saturated heterocycles. The van der Waals surface area contributed by atoms with Gasteiger partial charge < -0.3 is 10.0 Å². The second-order valence-electron chi connectivity index (χ2n) is 5.21. The number of carboxylic acids is 1. The Labute approximate surface area is 143 Å². The monoisotopic (exact) mass is 378 g/mol. The summed E-state index contributed by atoms with van der Waals surface area (Å²) in [4.78, 5) is 15.1. The first-order chi connectivity index (χ1) is 11.4. The van der Waals surface area contributed by atoms with Crippen LogP contribution in [-0.2, 0) is 11.0 Å². The molecule has 1 aliphatic rings. The van der Waals surface area contributed by atoms with Crippen LogP contribution in [0.25, 0.3) is 0 Å². The average Bonchev–Trinajstić information content (AvgIpc) is 3.18. The molecule has 0 spiro atoms. The molecule has 0 saturated carbocycles. The summed E-state index contributed by atoms with van der Waals surface area (Å²) in [6.07, 6.45) is -4.49. The number of carbonyl (C=O) groups is 1. The van der Waals surface area contributed by atoms with E-state index in [1.165, 1.54) is 11.3 Å². The molecule has 3 heterocycles. The molecule has 24 heavy (non-hydrogen) atoms. The Morgan fingerprint density at radius 2 is 1.96 bits per heavy atom. The highest BCUT2D eigenvalue weighted by Gasteiger charge is 2.37. The van der Waals surface area contributed by atoms with Crippen molar-refractivity contribution in [2.75, 3.05) is 31.1 Å². The maximum Gasteiger partial charge on any atom is 0.445 e. The van der Waals surface area contributed by atoms with Gasteiger partial charge in [-0.2, -0.15) is 24.5 Å². The highest BCUT2D eigenvalue weighted by molar-refractivity contribution is 7.15. The fraction of sp³-hybridized carbons (Fsp3) is 0.462. The number of piperazine rings is 1. The molecule has 130 valence electrons. The third-order valence-electron chi connectivity index (χ3n) is 3.70. The average molecular weight is 378 g/mol. The van der Waals surface area contributed by atoms with Gasteiger partial charge in [0.05, 0.1) is 0 Å². The van der Waals surface area contributed by atoms with Gasteiger partial charge in [0.1, 0.15) is 6.04 Å². The van der Waals surface area contributed by atoms with Gasteiger partial charge in [-0.25, -0.2) is 0 Å². The normalized spacial score (nSPS) is 17.9. The Morgan fingerprint density at radius 1 is 1.25 bits per heavy atom. The summed E-state index contributed by atoms with van der Waals surface area (Å²) in [6.45, 7) is 1.66. The first-order valence-electron chi connectivity index (χ1n) is 7.01. The summed E-state index contributed by atoms with van der Waals surface area (Å²) in [7, 11) is 0. The number of aromatic nitrogens is 2. The fourth-order valence-corrected chi connectivity index (χ4v) is 4.01. The van der Waals surface area contributed by atoms with E-state index in [1.807, 2.05) is 10.3 Å². The number of rotatable bonds is 4. The van der Waals surface area contributed by atoms with E-state index >= 15 is 0 Å². The van der Waals surface area contributed by atoms with Crippen molar-refractivity contribution in [2.45, 2.75) is 12.2 Å². The minimum atomic E-state index is -4.49. The van der Waals surface area contributed by atoms with Crippen molar-refractivity contribution in [3.63, 3.8) is 0 Å². The van der Waals surface area contributed by atoms with Crippen LogP contribution in [0, 0.1) is 0 Å². The number of thiophene rings is 1. The molecule has 1 fully saturated rings. The molecule has 11 heteroatoms. The summed E-state index contributed by atoms with van der Waals surface area (Å²) >= 11 is 1.93. The van der Waals surface area contributed by atoms with Gasteiger partial charge in [0.2, 0.25) is 10.1 Å². The largest absolute Gasteiger partial charge is 0.480 e. The minimum absolute atomic E-state index is 0.212. The predicted octanol–water partition coefficient (Wildman–Crippen LogP) is 2.57. The Balaban J connectivity index is 1.67. The van der Waals surface area contributed by atoms with Crippen molar-refractivity contribution in [3.05, 3.63) is 27.4 Å². The first kappa shape index (κ1) is 17.1. The third-order valence-corrected chi connectivity index (χ3v) is 5.43. The molecular weight excluding hydrogens is 365 g/mol. The molecule has 0 amide bonds. The number of hydrogen-bond donors (Lipinski definition) is 1. The highest BCUT2D eigenvalue weighted by atomic mass is 32.1. The van der Waals surface area contributed by atoms with Crippen molar-refractivity contribution >= 4 is 33.8 Å². The molecule has 3 rings (SSSR count). The van der Waals surface area contributed by atoms with Crippen LogP contribution >= 0.6 is 22.7 Å². The zero-order chi connectivity index (χ0) is 17.3. The second-order valence-corrected chi connectivity index (χ2v) is 6.94. The molecule has 0 aliphatic carbocycles. The van der Waals surface area contributed by atoms with Gasteiger partial charge in [0, 0.05) is 26.2 Å². The van der Waals surface area contributed by atoms with E-state index in [0.717, 1.165) is 5.56 Å². The molecule has 6 nitrogen and oxygen atoms in total. The number of hydrogen-bond acceptors (Lipinski definition) is 7. The molecule has 2 aromatic heterocycles. The molecule has 0 radical (unpaired) electrons. The summed E-state index contributed by atoms with van der Waals surface area (Å²) in [5.74, 6) is -0.933. The van der Waals surface area contributed by atoms with Crippen molar-refractivity contribution in [1.29, 1.82) is 0 Å². The molecule has 1 aliphatic heterocycles. The van der Waals surface area contributed by atoms with Crippen LogP contribution in [0.4, 0.5) is 18.3 Å².